The summed E-state index contributed by atoms with van der Waals surface area (Å²) in [6.07, 6.45) is 0.793. The third kappa shape index (κ3) is 3.58. The van der Waals surface area contributed by atoms with E-state index in [0.29, 0.717) is 31.2 Å². The first kappa shape index (κ1) is 15.0. The first-order valence-corrected chi connectivity index (χ1v) is 7.21. The number of amides is 1. The Hall–Kier alpha value is -1.39. The summed E-state index contributed by atoms with van der Waals surface area (Å²) >= 11 is 1.36. The molecule has 1 saturated heterocycles. The Morgan fingerprint density at radius 3 is 3.15 bits per heavy atom. The van der Waals surface area contributed by atoms with Crippen LogP contribution in [-0.4, -0.2) is 44.9 Å². The number of nitrogens with one attached hydrogen (secondary N) is 1. The van der Waals surface area contributed by atoms with Gasteiger partial charge < -0.3 is 20.5 Å². The molecular formula is C14H18N2O3S. The molecule has 2 rings (SSSR count). The Morgan fingerprint density at radius 1 is 1.65 bits per heavy atom. The van der Waals surface area contributed by atoms with E-state index in [0.717, 1.165) is 11.3 Å². The highest BCUT2D eigenvalue weighted by atomic mass is 32.1. The molecule has 3 N–H and O–H groups in total. The lowest BCUT2D eigenvalue weighted by Gasteiger charge is -2.25. The van der Waals surface area contributed by atoms with E-state index in [1.807, 2.05) is 6.07 Å². The smallest absolute Gasteiger partial charge is 0.261 e. The average molecular weight is 294 g/mol. The largest absolute Gasteiger partial charge is 0.378 e. The second-order valence-corrected chi connectivity index (χ2v) is 5.63. The fourth-order valence-corrected chi connectivity index (χ4v) is 2.75. The molecule has 1 aromatic rings. The molecule has 1 fully saturated rings. The predicted octanol–water partition coefficient (Wildman–Crippen LogP) is 0.594. The fourth-order valence-electron chi connectivity index (χ4n) is 1.95. The van der Waals surface area contributed by atoms with Crippen molar-refractivity contribution in [2.45, 2.75) is 12.0 Å². The number of hydrogen-bond acceptors (Lipinski definition) is 5. The van der Waals surface area contributed by atoms with E-state index >= 15 is 0 Å². The van der Waals surface area contributed by atoms with Gasteiger partial charge in [-0.3, -0.25) is 4.79 Å². The molecular weight excluding hydrogens is 276 g/mol. The van der Waals surface area contributed by atoms with Crippen LogP contribution in [0.1, 0.15) is 21.0 Å². The van der Waals surface area contributed by atoms with Crippen LogP contribution in [0.4, 0.5) is 0 Å². The van der Waals surface area contributed by atoms with Crippen LogP contribution in [0.2, 0.25) is 0 Å². The zero-order chi connectivity index (χ0) is 14.4. The zero-order valence-corrected chi connectivity index (χ0v) is 12.2. The van der Waals surface area contributed by atoms with Gasteiger partial charge >= 0.3 is 0 Å². The standard InChI is InChI=1S/C14H18N2O3S/c1-18-14(6-8-19-10-14)9-16-13(17)12-5-4-11(20-12)3-2-7-15/h4-5H,6-10,15H2,1H3,(H,16,17). The Bertz CT molecular complexity index is 524. The van der Waals surface area contributed by atoms with Crippen LogP contribution in [0, 0.1) is 11.8 Å². The number of thiophene rings is 1. The topological polar surface area (TPSA) is 73.6 Å². The van der Waals surface area contributed by atoms with Crippen molar-refractivity contribution in [3.8, 4) is 11.8 Å². The van der Waals surface area contributed by atoms with Gasteiger partial charge in [-0.1, -0.05) is 11.8 Å². The second-order valence-electron chi connectivity index (χ2n) is 4.54. The van der Waals surface area contributed by atoms with E-state index in [9.17, 15) is 4.79 Å². The van der Waals surface area contributed by atoms with Gasteiger partial charge in [-0.25, -0.2) is 0 Å². The van der Waals surface area contributed by atoms with Crippen molar-refractivity contribution < 1.29 is 14.3 Å². The number of rotatable bonds is 4. The second kappa shape index (κ2) is 6.86. The Labute approximate surface area is 122 Å². The minimum Gasteiger partial charge on any atom is -0.378 e. The van der Waals surface area contributed by atoms with Crippen LogP contribution in [0.3, 0.4) is 0 Å². The molecule has 0 spiro atoms. The van der Waals surface area contributed by atoms with Crippen molar-refractivity contribution >= 4 is 17.2 Å². The monoisotopic (exact) mass is 294 g/mol. The van der Waals surface area contributed by atoms with Gasteiger partial charge in [-0.05, 0) is 12.1 Å². The first-order valence-electron chi connectivity index (χ1n) is 6.39. The Kier molecular flexibility index (Phi) is 5.15. The van der Waals surface area contributed by atoms with Gasteiger partial charge in [0.1, 0.15) is 5.60 Å². The summed E-state index contributed by atoms with van der Waals surface area (Å²) in [4.78, 5) is 13.6. The average Bonchev–Trinajstić information content (AvgIpc) is 3.12. The molecule has 1 atom stereocenters. The molecule has 0 saturated carbocycles. The van der Waals surface area contributed by atoms with Gasteiger partial charge in [0.15, 0.2) is 0 Å². The van der Waals surface area contributed by atoms with Gasteiger partial charge in [0, 0.05) is 26.7 Å². The molecule has 1 aromatic heterocycles. The van der Waals surface area contributed by atoms with E-state index in [4.69, 9.17) is 15.2 Å². The molecule has 5 nitrogen and oxygen atoms in total. The summed E-state index contributed by atoms with van der Waals surface area (Å²) < 4.78 is 10.8. The molecule has 1 aliphatic heterocycles. The van der Waals surface area contributed by atoms with Crippen LogP contribution < -0.4 is 11.1 Å². The molecule has 0 bridgehead atoms. The van der Waals surface area contributed by atoms with Crippen molar-refractivity contribution in [2.24, 2.45) is 5.73 Å². The molecule has 0 radical (unpaired) electrons. The van der Waals surface area contributed by atoms with E-state index in [-0.39, 0.29) is 5.91 Å². The number of nitrogens with two attached hydrogens (primary N) is 1. The van der Waals surface area contributed by atoms with E-state index < -0.39 is 5.60 Å². The van der Waals surface area contributed by atoms with Gasteiger partial charge in [-0.15, -0.1) is 11.3 Å². The lowest BCUT2D eigenvalue weighted by molar-refractivity contribution is -0.0148. The summed E-state index contributed by atoms with van der Waals surface area (Å²) in [7, 11) is 1.65. The summed E-state index contributed by atoms with van der Waals surface area (Å²) in [5.41, 5.74) is 4.92. The quantitative estimate of drug-likeness (QED) is 0.797. The fraction of sp³-hybridized carbons (Fsp3) is 0.500. The summed E-state index contributed by atoms with van der Waals surface area (Å²) in [6, 6.07) is 3.60. The summed E-state index contributed by atoms with van der Waals surface area (Å²) in [5, 5.41) is 2.90. The molecule has 1 aliphatic rings. The predicted molar refractivity (Wildman–Crippen MR) is 77.8 cm³/mol. The molecule has 1 amide bonds. The normalized spacial score (nSPS) is 21.3. The molecule has 2 heterocycles. The molecule has 0 aromatic carbocycles. The molecule has 6 heteroatoms. The van der Waals surface area contributed by atoms with Gasteiger partial charge in [0.25, 0.3) is 5.91 Å². The van der Waals surface area contributed by atoms with Crippen molar-refractivity contribution in [1.82, 2.24) is 5.32 Å². The van der Waals surface area contributed by atoms with Gasteiger partial charge in [0.05, 0.1) is 22.9 Å². The number of hydrogen-bond donors (Lipinski definition) is 2. The minimum absolute atomic E-state index is 0.112. The van der Waals surface area contributed by atoms with Crippen molar-refractivity contribution in [3.63, 3.8) is 0 Å². The Balaban J connectivity index is 1.93. The van der Waals surface area contributed by atoms with Crippen LogP contribution in [0.15, 0.2) is 12.1 Å². The number of methoxy groups -OCH3 is 1. The third-order valence-corrected chi connectivity index (χ3v) is 4.21. The molecule has 0 aliphatic carbocycles. The highest BCUT2D eigenvalue weighted by Gasteiger charge is 2.35. The maximum absolute atomic E-state index is 12.1. The van der Waals surface area contributed by atoms with Crippen molar-refractivity contribution in [2.75, 3.05) is 33.4 Å². The number of carbonyl (C=O) groups excluding carboxylic acids is 1. The third-order valence-electron chi connectivity index (χ3n) is 3.21. The van der Waals surface area contributed by atoms with Crippen LogP contribution in [0.25, 0.3) is 0 Å². The zero-order valence-electron chi connectivity index (χ0n) is 11.4. The number of ether oxygens (including phenoxy) is 2. The van der Waals surface area contributed by atoms with E-state index in [2.05, 4.69) is 17.2 Å². The lowest BCUT2D eigenvalue weighted by atomic mass is 10.0. The van der Waals surface area contributed by atoms with E-state index in [1.54, 1.807) is 13.2 Å². The van der Waals surface area contributed by atoms with Crippen LogP contribution >= 0.6 is 11.3 Å². The molecule has 108 valence electrons. The SMILES string of the molecule is COC1(CNC(=O)c2ccc(C#CCN)s2)CCOC1. The molecule has 20 heavy (non-hydrogen) atoms. The van der Waals surface area contributed by atoms with Gasteiger partial charge in [0.2, 0.25) is 0 Å². The lowest BCUT2D eigenvalue weighted by Crippen LogP contribution is -2.44. The van der Waals surface area contributed by atoms with Gasteiger partial charge in [-0.2, -0.15) is 0 Å². The minimum atomic E-state index is -0.394. The van der Waals surface area contributed by atoms with Crippen LogP contribution in [0.5, 0.6) is 0 Å². The highest BCUT2D eigenvalue weighted by molar-refractivity contribution is 7.14. The molecule has 1 unspecified atom stereocenters. The van der Waals surface area contributed by atoms with E-state index in [1.165, 1.54) is 11.3 Å². The maximum Gasteiger partial charge on any atom is 0.261 e. The summed E-state index contributed by atoms with van der Waals surface area (Å²) in [6.45, 7) is 1.95. The van der Waals surface area contributed by atoms with Crippen molar-refractivity contribution in [3.05, 3.63) is 21.9 Å². The van der Waals surface area contributed by atoms with Crippen LogP contribution in [-0.2, 0) is 9.47 Å². The number of carbonyl (C=O) groups is 1. The highest BCUT2D eigenvalue weighted by Crippen LogP contribution is 2.22. The Morgan fingerprint density at radius 2 is 2.50 bits per heavy atom. The first-order chi connectivity index (χ1) is 9.69. The van der Waals surface area contributed by atoms with Crippen molar-refractivity contribution in [1.29, 1.82) is 0 Å². The maximum atomic E-state index is 12.1. The summed E-state index contributed by atoms with van der Waals surface area (Å²) in [5.74, 6) is 5.57.